The van der Waals surface area contributed by atoms with Crippen LogP contribution in [0.25, 0.3) is 0 Å². The Hall–Kier alpha value is -1.06. The molecule has 120 valence electrons. The van der Waals surface area contributed by atoms with E-state index in [1.165, 1.54) is 18.4 Å². The van der Waals surface area contributed by atoms with Crippen molar-refractivity contribution in [3.05, 3.63) is 29.8 Å². The van der Waals surface area contributed by atoms with Crippen LogP contribution >= 0.6 is 0 Å². The van der Waals surface area contributed by atoms with Crippen molar-refractivity contribution in [3.8, 4) is 5.75 Å². The van der Waals surface area contributed by atoms with E-state index >= 15 is 0 Å². The van der Waals surface area contributed by atoms with Gasteiger partial charge in [0.25, 0.3) is 0 Å². The molecule has 2 atom stereocenters. The molecule has 1 rings (SSSR count). The van der Waals surface area contributed by atoms with Gasteiger partial charge in [-0.3, -0.25) is 4.90 Å². The highest BCUT2D eigenvalue weighted by molar-refractivity contribution is 5.29. The molecular formula is C18H32N2O. The molecule has 0 fully saturated rings. The van der Waals surface area contributed by atoms with Crippen LogP contribution in [0.15, 0.2) is 24.3 Å². The van der Waals surface area contributed by atoms with Gasteiger partial charge in [0.05, 0.1) is 7.11 Å². The van der Waals surface area contributed by atoms with E-state index < -0.39 is 0 Å². The number of hydrogen-bond donors (Lipinski definition) is 1. The summed E-state index contributed by atoms with van der Waals surface area (Å²) in [6.07, 6.45) is 2.40. The lowest BCUT2D eigenvalue weighted by atomic mass is 9.98. The molecule has 0 aromatic heterocycles. The summed E-state index contributed by atoms with van der Waals surface area (Å²) in [6.45, 7) is 12.3. The van der Waals surface area contributed by atoms with Crippen LogP contribution < -0.4 is 10.1 Å². The number of nitrogens with one attached hydrogen (secondary N) is 1. The number of rotatable bonds is 10. The van der Waals surface area contributed by atoms with Gasteiger partial charge in [-0.1, -0.05) is 32.9 Å². The molecule has 0 aliphatic rings. The maximum Gasteiger partial charge on any atom is 0.118 e. The predicted octanol–water partition coefficient (Wildman–Crippen LogP) is 3.86. The lowest BCUT2D eigenvalue weighted by Crippen LogP contribution is -2.43. The summed E-state index contributed by atoms with van der Waals surface area (Å²) in [7, 11) is 1.71. The van der Waals surface area contributed by atoms with E-state index in [9.17, 15) is 0 Å². The van der Waals surface area contributed by atoms with E-state index in [4.69, 9.17) is 4.74 Å². The van der Waals surface area contributed by atoms with E-state index in [-0.39, 0.29) is 0 Å². The minimum absolute atomic E-state index is 0.360. The number of nitrogens with zero attached hydrogens (tertiary/aromatic N) is 1. The van der Waals surface area contributed by atoms with Gasteiger partial charge in [-0.25, -0.2) is 0 Å². The number of likely N-dealkylation sites (N-methyl/N-ethyl adjacent to an activating group) is 1. The molecule has 1 N–H and O–H groups in total. The molecule has 0 amide bonds. The second kappa shape index (κ2) is 9.80. The summed E-state index contributed by atoms with van der Waals surface area (Å²) in [4.78, 5) is 2.59. The molecule has 0 radical (unpaired) electrons. The Morgan fingerprint density at radius 1 is 1.05 bits per heavy atom. The van der Waals surface area contributed by atoms with E-state index in [1.54, 1.807) is 7.11 Å². The largest absolute Gasteiger partial charge is 0.497 e. The fraction of sp³-hybridized carbons (Fsp3) is 0.667. The van der Waals surface area contributed by atoms with Crippen molar-refractivity contribution in [2.45, 2.75) is 52.6 Å². The van der Waals surface area contributed by atoms with Crippen LogP contribution in [0.3, 0.4) is 0 Å². The summed E-state index contributed by atoms with van der Waals surface area (Å²) in [5.41, 5.74) is 1.34. The highest BCUT2D eigenvalue weighted by Gasteiger charge is 2.23. The summed E-state index contributed by atoms with van der Waals surface area (Å²) >= 11 is 0. The highest BCUT2D eigenvalue weighted by Crippen LogP contribution is 2.23. The molecule has 21 heavy (non-hydrogen) atoms. The van der Waals surface area contributed by atoms with Crippen LogP contribution in [-0.4, -0.2) is 37.7 Å². The van der Waals surface area contributed by atoms with Crippen LogP contribution in [0.4, 0.5) is 0 Å². The van der Waals surface area contributed by atoms with Crippen LogP contribution in [0.5, 0.6) is 5.75 Å². The van der Waals surface area contributed by atoms with E-state index in [0.29, 0.717) is 12.1 Å². The van der Waals surface area contributed by atoms with Gasteiger partial charge in [0.2, 0.25) is 0 Å². The predicted molar refractivity (Wildman–Crippen MR) is 91.0 cm³/mol. The van der Waals surface area contributed by atoms with Crippen molar-refractivity contribution in [2.24, 2.45) is 0 Å². The maximum absolute atomic E-state index is 5.26. The lowest BCUT2D eigenvalue weighted by Gasteiger charge is -2.35. The first-order valence-corrected chi connectivity index (χ1v) is 8.29. The maximum atomic E-state index is 5.26. The lowest BCUT2D eigenvalue weighted by molar-refractivity contribution is 0.170. The van der Waals surface area contributed by atoms with Gasteiger partial charge in [-0.05, 0) is 57.1 Å². The van der Waals surface area contributed by atoms with Gasteiger partial charge < -0.3 is 10.1 Å². The van der Waals surface area contributed by atoms with Gasteiger partial charge in [0.1, 0.15) is 5.75 Å². The second-order valence-electron chi connectivity index (χ2n) is 5.59. The van der Waals surface area contributed by atoms with Crippen molar-refractivity contribution >= 4 is 0 Å². The Balaban J connectivity index is 2.91. The van der Waals surface area contributed by atoms with Gasteiger partial charge in [0.15, 0.2) is 0 Å². The third-order valence-electron chi connectivity index (χ3n) is 3.98. The average molecular weight is 292 g/mol. The third-order valence-corrected chi connectivity index (χ3v) is 3.98. The van der Waals surface area contributed by atoms with Crippen LogP contribution in [0.2, 0.25) is 0 Å². The van der Waals surface area contributed by atoms with E-state index in [0.717, 1.165) is 25.4 Å². The van der Waals surface area contributed by atoms with Crippen molar-refractivity contribution in [3.63, 3.8) is 0 Å². The molecule has 0 aliphatic carbocycles. The Morgan fingerprint density at radius 3 is 2.05 bits per heavy atom. The molecule has 3 heteroatoms. The van der Waals surface area contributed by atoms with Gasteiger partial charge in [-0.15, -0.1) is 0 Å². The minimum atomic E-state index is 0.360. The Kier molecular flexibility index (Phi) is 8.40. The monoisotopic (exact) mass is 292 g/mol. The normalized spacial score (nSPS) is 14.2. The smallest absolute Gasteiger partial charge is 0.118 e. The number of ether oxygens (including phenoxy) is 1. The first kappa shape index (κ1) is 18.0. The Labute approximate surface area is 130 Å². The molecule has 0 heterocycles. The van der Waals surface area contributed by atoms with Crippen molar-refractivity contribution in [2.75, 3.05) is 26.7 Å². The Bertz CT molecular complexity index is 371. The fourth-order valence-electron chi connectivity index (χ4n) is 2.90. The molecule has 0 saturated carbocycles. The van der Waals surface area contributed by atoms with Crippen LogP contribution in [0, 0.1) is 0 Å². The van der Waals surface area contributed by atoms with Crippen molar-refractivity contribution in [1.82, 2.24) is 10.2 Å². The molecule has 0 spiro atoms. The van der Waals surface area contributed by atoms with Crippen LogP contribution in [0.1, 0.15) is 52.1 Å². The van der Waals surface area contributed by atoms with Crippen molar-refractivity contribution < 1.29 is 4.74 Å². The van der Waals surface area contributed by atoms with Crippen LogP contribution in [-0.2, 0) is 0 Å². The number of hydrogen-bond acceptors (Lipinski definition) is 3. The quantitative estimate of drug-likeness (QED) is 0.709. The zero-order valence-corrected chi connectivity index (χ0v) is 14.4. The molecule has 0 aliphatic heterocycles. The van der Waals surface area contributed by atoms with Gasteiger partial charge >= 0.3 is 0 Å². The summed E-state index contributed by atoms with van der Waals surface area (Å²) in [6, 6.07) is 9.31. The summed E-state index contributed by atoms with van der Waals surface area (Å²) in [5, 5.41) is 3.65. The zero-order chi connectivity index (χ0) is 15.7. The summed E-state index contributed by atoms with van der Waals surface area (Å²) < 4.78 is 5.26. The molecule has 0 bridgehead atoms. The molecule has 1 aromatic carbocycles. The van der Waals surface area contributed by atoms with E-state index in [2.05, 4.69) is 62.2 Å². The first-order chi connectivity index (χ1) is 10.2. The molecule has 0 saturated heterocycles. The minimum Gasteiger partial charge on any atom is -0.497 e. The average Bonchev–Trinajstić information content (AvgIpc) is 2.52. The SMILES string of the molecule is CCCN(CCC)C(C)C(NCC)c1ccc(OC)cc1. The molecule has 2 unspecified atom stereocenters. The highest BCUT2D eigenvalue weighted by atomic mass is 16.5. The summed E-state index contributed by atoms with van der Waals surface area (Å²) in [5.74, 6) is 0.917. The Morgan fingerprint density at radius 2 is 1.62 bits per heavy atom. The third kappa shape index (κ3) is 5.33. The zero-order valence-electron chi connectivity index (χ0n) is 14.4. The second-order valence-corrected chi connectivity index (χ2v) is 5.59. The van der Waals surface area contributed by atoms with Crippen molar-refractivity contribution in [1.29, 1.82) is 0 Å². The molecule has 1 aromatic rings. The number of benzene rings is 1. The topological polar surface area (TPSA) is 24.5 Å². The molecule has 3 nitrogen and oxygen atoms in total. The van der Waals surface area contributed by atoms with E-state index in [1.807, 2.05) is 0 Å². The first-order valence-electron chi connectivity index (χ1n) is 8.29. The van der Waals surface area contributed by atoms with Gasteiger partial charge in [0, 0.05) is 12.1 Å². The standard InChI is InChI=1S/C18H32N2O/c1-6-13-20(14-7-2)15(4)18(19-8-3)16-9-11-17(21-5)12-10-16/h9-12,15,18-19H,6-8,13-14H2,1-5H3. The van der Waals surface area contributed by atoms with Gasteiger partial charge in [-0.2, -0.15) is 0 Å². The fourth-order valence-corrected chi connectivity index (χ4v) is 2.90. The number of methoxy groups -OCH3 is 1. The molecular weight excluding hydrogens is 260 g/mol.